The molecule has 0 unspecified atom stereocenters. The van der Waals surface area contributed by atoms with Crippen LogP contribution in [0.15, 0.2) is 29.2 Å². The zero-order valence-electron chi connectivity index (χ0n) is 11.6. The summed E-state index contributed by atoms with van der Waals surface area (Å²) in [5, 5.41) is 0. The summed E-state index contributed by atoms with van der Waals surface area (Å²) >= 11 is 0. The zero-order valence-corrected chi connectivity index (χ0v) is 12.5. The number of hydrogen-bond donors (Lipinski definition) is 0. The normalized spacial score (nSPS) is 14.6. The Bertz CT molecular complexity index is 708. The fourth-order valence-electron chi connectivity index (χ4n) is 1.75. The molecule has 0 N–H and O–H groups in total. The van der Waals surface area contributed by atoms with Crippen LogP contribution in [0.25, 0.3) is 0 Å². The Morgan fingerprint density at radius 3 is 2.41 bits per heavy atom. The maximum absolute atomic E-state index is 11.7. The van der Waals surface area contributed by atoms with Crippen LogP contribution in [0.1, 0.15) is 10.4 Å². The summed E-state index contributed by atoms with van der Waals surface area (Å²) in [5.74, 6) is -1.47. The molecule has 2 rings (SSSR count). The number of amides is 2. The second kappa shape index (κ2) is 6.14. The minimum atomic E-state index is -3.35. The van der Waals surface area contributed by atoms with Crippen LogP contribution in [0, 0.1) is 0 Å². The molecule has 1 heterocycles. The van der Waals surface area contributed by atoms with Gasteiger partial charge in [0.15, 0.2) is 16.4 Å². The molecule has 8 nitrogen and oxygen atoms in total. The van der Waals surface area contributed by atoms with E-state index in [9.17, 15) is 22.8 Å². The second-order valence-electron chi connectivity index (χ2n) is 4.53. The highest BCUT2D eigenvalue weighted by Crippen LogP contribution is 2.11. The molecule has 2 amide bonds. The lowest BCUT2D eigenvalue weighted by Gasteiger charge is -2.10. The number of esters is 1. The summed E-state index contributed by atoms with van der Waals surface area (Å²) in [6, 6.07) is 5.11. The van der Waals surface area contributed by atoms with Crippen molar-refractivity contribution in [2.24, 2.45) is 0 Å². The van der Waals surface area contributed by atoms with Crippen molar-refractivity contribution in [3.05, 3.63) is 29.8 Å². The van der Waals surface area contributed by atoms with Gasteiger partial charge in [-0.2, -0.15) is 0 Å². The van der Waals surface area contributed by atoms with Gasteiger partial charge in [0, 0.05) is 6.26 Å². The molecule has 1 aliphatic heterocycles. The van der Waals surface area contributed by atoms with Gasteiger partial charge in [0.25, 0.3) is 5.91 Å². The highest BCUT2D eigenvalue weighted by molar-refractivity contribution is 7.90. The van der Waals surface area contributed by atoms with Gasteiger partial charge < -0.3 is 9.47 Å². The molecule has 1 aromatic carbocycles. The summed E-state index contributed by atoms with van der Waals surface area (Å²) in [7, 11) is -3.35. The number of carbonyl (C=O) groups is 3. The number of carbonyl (C=O) groups excluding carboxylic acids is 3. The summed E-state index contributed by atoms with van der Waals surface area (Å²) in [6.07, 6.45) is 0.284. The van der Waals surface area contributed by atoms with Crippen molar-refractivity contribution < 1.29 is 32.3 Å². The third-order valence-electron chi connectivity index (χ3n) is 2.91. The van der Waals surface area contributed by atoms with Crippen molar-refractivity contribution in [1.29, 1.82) is 0 Å². The van der Waals surface area contributed by atoms with E-state index in [4.69, 9.17) is 4.74 Å². The first-order valence-electron chi connectivity index (χ1n) is 6.23. The molecule has 1 saturated heterocycles. The molecule has 0 radical (unpaired) electrons. The maximum atomic E-state index is 11.7. The van der Waals surface area contributed by atoms with Gasteiger partial charge in [0.1, 0.15) is 6.61 Å². The fraction of sp³-hybridized carbons (Fsp3) is 0.308. The van der Waals surface area contributed by atoms with E-state index in [1.807, 2.05) is 0 Å². The molecule has 0 aliphatic carbocycles. The Morgan fingerprint density at radius 1 is 1.27 bits per heavy atom. The largest absolute Gasteiger partial charge is 0.452 e. The molecule has 0 bridgehead atoms. The predicted molar refractivity (Wildman–Crippen MR) is 72.9 cm³/mol. The molecule has 0 aromatic heterocycles. The standard InChI is InChI=1S/C13H13NO7S/c1-22(18,19)10-4-2-9(3-5-10)12(16)21-8-11(15)14-6-7-20-13(14)17/h2-5H,6-8H2,1H3. The summed E-state index contributed by atoms with van der Waals surface area (Å²) in [4.78, 5) is 35.5. The van der Waals surface area contributed by atoms with E-state index in [1.54, 1.807) is 0 Å². The SMILES string of the molecule is CS(=O)(=O)c1ccc(C(=O)OCC(=O)N2CCOC2=O)cc1. The minimum Gasteiger partial charge on any atom is -0.452 e. The molecular formula is C13H13NO7S. The lowest BCUT2D eigenvalue weighted by atomic mass is 10.2. The number of rotatable bonds is 4. The Kier molecular flexibility index (Phi) is 4.45. The van der Waals surface area contributed by atoms with Gasteiger partial charge in [-0.3, -0.25) is 4.79 Å². The van der Waals surface area contributed by atoms with E-state index in [-0.39, 0.29) is 23.6 Å². The van der Waals surface area contributed by atoms with Crippen molar-refractivity contribution in [3.63, 3.8) is 0 Å². The Labute approximate surface area is 126 Å². The lowest BCUT2D eigenvalue weighted by molar-refractivity contribution is -0.131. The highest BCUT2D eigenvalue weighted by atomic mass is 32.2. The zero-order chi connectivity index (χ0) is 16.3. The first-order valence-corrected chi connectivity index (χ1v) is 8.12. The minimum absolute atomic E-state index is 0.0694. The van der Waals surface area contributed by atoms with Gasteiger partial charge in [-0.25, -0.2) is 22.9 Å². The average Bonchev–Trinajstić information content (AvgIpc) is 2.90. The van der Waals surface area contributed by atoms with E-state index in [2.05, 4.69) is 4.74 Å². The number of benzene rings is 1. The maximum Gasteiger partial charge on any atom is 0.416 e. The summed E-state index contributed by atoms with van der Waals surface area (Å²) in [6.45, 7) is -0.356. The van der Waals surface area contributed by atoms with Crippen molar-refractivity contribution in [3.8, 4) is 0 Å². The molecular weight excluding hydrogens is 314 g/mol. The number of hydrogen-bond acceptors (Lipinski definition) is 7. The smallest absolute Gasteiger partial charge is 0.416 e. The van der Waals surface area contributed by atoms with Gasteiger partial charge >= 0.3 is 12.1 Å². The number of nitrogens with zero attached hydrogens (tertiary/aromatic N) is 1. The molecule has 1 aliphatic rings. The molecule has 0 spiro atoms. The van der Waals surface area contributed by atoms with E-state index in [0.29, 0.717) is 0 Å². The van der Waals surface area contributed by atoms with Crippen LogP contribution in [0.3, 0.4) is 0 Å². The molecule has 22 heavy (non-hydrogen) atoms. The van der Waals surface area contributed by atoms with Crippen LogP contribution < -0.4 is 0 Å². The number of imide groups is 1. The van der Waals surface area contributed by atoms with Crippen molar-refractivity contribution in [1.82, 2.24) is 4.90 Å². The Morgan fingerprint density at radius 2 is 1.91 bits per heavy atom. The van der Waals surface area contributed by atoms with E-state index in [1.165, 1.54) is 24.3 Å². The predicted octanol–water partition coefficient (Wildman–Crippen LogP) is 0.226. The van der Waals surface area contributed by atoms with Gasteiger partial charge in [0.2, 0.25) is 0 Å². The Balaban J connectivity index is 1.95. The van der Waals surface area contributed by atoms with Gasteiger partial charge in [-0.05, 0) is 24.3 Å². The van der Waals surface area contributed by atoms with Crippen LogP contribution in [-0.4, -0.2) is 57.3 Å². The molecule has 0 atom stereocenters. The van der Waals surface area contributed by atoms with E-state index in [0.717, 1.165) is 11.2 Å². The topological polar surface area (TPSA) is 107 Å². The van der Waals surface area contributed by atoms with Crippen LogP contribution in [0.4, 0.5) is 4.79 Å². The molecule has 9 heteroatoms. The lowest BCUT2D eigenvalue weighted by Crippen LogP contribution is -2.35. The molecule has 1 fully saturated rings. The molecule has 0 saturated carbocycles. The quantitative estimate of drug-likeness (QED) is 0.728. The van der Waals surface area contributed by atoms with Crippen LogP contribution in [-0.2, 0) is 24.1 Å². The van der Waals surface area contributed by atoms with Crippen molar-refractivity contribution in [2.45, 2.75) is 4.90 Å². The van der Waals surface area contributed by atoms with Gasteiger partial charge in [0.05, 0.1) is 17.0 Å². The van der Waals surface area contributed by atoms with Crippen LogP contribution in [0.2, 0.25) is 0 Å². The van der Waals surface area contributed by atoms with E-state index < -0.39 is 34.4 Å². The summed E-state index contributed by atoms with van der Waals surface area (Å²) in [5.41, 5.74) is 0.101. The first kappa shape index (κ1) is 16.0. The third kappa shape index (κ3) is 3.61. The Hall–Kier alpha value is -2.42. The summed E-state index contributed by atoms with van der Waals surface area (Å²) < 4.78 is 32.0. The molecule has 118 valence electrons. The van der Waals surface area contributed by atoms with Gasteiger partial charge in [-0.15, -0.1) is 0 Å². The third-order valence-corrected chi connectivity index (χ3v) is 4.04. The van der Waals surface area contributed by atoms with Crippen LogP contribution in [0.5, 0.6) is 0 Å². The monoisotopic (exact) mass is 327 g/mol. The van der Waals surface area contributed by atoms with E-state index >= 15 is 0 Å². The second-order valence-corrected chi connectivity index (χ2v) is 6.55. The highest BCUT2D eigenvalue weighted by Gasteiger charge is 2.29. The van der Waals surface area contributed by atoms with Crippen molar-refractivity contribution >= 4 is 27.8 Å². The fourth-order valence-corrected chi connectivity index (χ4v) is 2.38. The van der Waals surface area contributed by atoms with Gasteiger partial charge in [-0.1, -0.05) is 0 Å². The number of cyclic esters (lactones) is 1. The first-order chi connectivity index (χ1) is 10.3. The van der Waals surface area contributed by atoms with Crippen LogP contribution >= 0.6 is 0 Å². The van der Waals surface area contributed by atoms with Crippen molar-refractivity contribution in [2.75, 3.05) is 26.0 Å². The molecule has 1 aromatic rings. The average molecular weight is 327 g/mol. The number of ether oxygens (including phenoxy) is 2. The number of sulfone groups is 1.